The van der Waals surface area contributed by atoms with Gasteiger partial charge in [0.15, 0.2) is 0 Å². The van der Waals surface area contributed by atoms with E-state index in [1.807, 2.05) is 6.26 Å². The maximum atomic E-state index is 12.2. The molecule has 5 nitrogen and oxygen atoms in total. The van der Waals surface area contributed by atoms with E-state index in [-0.39, 0.29) is 5.91 Å². The van der Waals surface area contributed by atoms with Gasteiger partial charge >= 0.3 is 0 Å². The van der Waals surface area contributed by atoms with E-state index in [2.05, 4.69) is 29.6 Å². The van der Waals surface area contributed by atoms with Crippen LogP contribution in [0.1, 0.15) is 28.9 Å². The second-order valence-electron chi connectivity index (χ2n) is 5.54. The van der Waals surface area contributed by atoms with Crippen LogP contribution in [0, 0.1) is 0 Å². The van der Waals surface area contributed by atoms with E-state index in [4.69, 9.17) is 5.73 Å². The first-order chi connectivity index (χ1) is 10.0. The highest BCUT2D eigenvalue weighted by Gasteiger charge is 2.27. The fourth-order valence-electron chi connectivity index (χ4n) is 1.99. The molecule has 0 aromatic carbocycles. The number of anilines is 2. The summed E-state index contributed by atoms with van der Waals surface area (Å²) < 4.78 is 0. The average Bonchev–Trinajstić information content (AvgIpc) is 3.17. The number of hydrogen-bond acceptors (Lipinski definition) is 6. The summed E-state index contributed by atoms with van der Waals surface area (Å²) in [5, 5.41) is 7.43. The summed E-state index contributed by atoms with van der Waals surface area (Å²) in [6.45, 7) is 1.92. The zero-order chi connectivity index (χ0) is 15.4. The van der Waals surface area contributed by atoms with E-state index in [9.17, 15) is 4.79 Å². The second kappa shape index (κ2) is 7.38. The van der Waals surface area contributed by atoms with Crippen LogP contribution in [0.2, 0.25) is 0 Å². The summed E-state index contributed by atoms with van der Waals surface area (Å²) in [4.78, 5) is 16.0. The maximum absolute atomic E-state index is 12.2. The number of carbonyl (C=O) groups excluding carboxylic acids is 1. The van der Waals surface area contributed by atoms with Crippen molar-refractivity contribution in [3.05, 3.63) is 4.88 Å². The van der Waals surface area contributed by atoms with Gasteiger partial charge in [0.2, 0.25) is 0 Å². The van der Waals surface area contributed by atoms with Gasteiger partial charge in [-0.05, 0) is 46.2 Å². The summed E-state index contributed by atoms with van der Waals surface area (Å²) in [6, 6.07) is 0.355. The van der Waals surface area contributed by atoms with Crippen LogP contribution in [-0.2, 0) is 0 Å². The SMILES string of the molecule is CSc1c(NCCCN(C)C)sc(C(=O)NC2CC2)c1N. The smallest absolute Gasteiger partial charge is 0.263 e. The fourth-order valence-corrected chi connectivity index (χ4v) is 3.96. The predicted octanol–water partition coefficient (Wildman–Crippen LogP) is 2.31. The Morgan fingerprint density at radius 2 is 2.19 bits per heavy atom. The topological polar surface area (TPSA) is 70.4 Å². The molecule has 1 aromatic rings. The van der Waals surface area contributed by atoms with Gasteiger partial charge in [0.1, 0.15) is 9.88 Å². The molecular weight excluding hydrogens is 304 g/mol. The van der Waals surface area contributed by atoms with E-state index in [0.29, 0.717) is 16.6 Å². The lowest BCUT2D eigenvalue weighted by atomic mass is 10.3. The van der Waals surface area contributed by atoms with Gasteiger partial charge in [-0.3, -0.25) is 4.79 Å². The summed E-state index contributed by atoms with van der Waals surface area (Å²) >= 11 is 3.06. The van der Waals surface area contributed by atoms with Crippen LogP contribution in [0.3, 0.4) is 0 Å². The molecule has 0 bridgehead atoms. The Bertz CT molecular complexity index is 497. The van der Waals surface area contributed by atoms with Crippen LogP contribution in [0.25, 0.3) is 0 Å². The van der Waals surface area contributed by atoms with Gasteiger partial charge in [-0.2, -0.15) is 0 Å². The van der Waals surface area contributed by atoms with Crippen LogP contribution < -0.4 is 16.4 Å². The van der Waals surface area contributed by atoms with E-state index >= 15 is 0 Å². The van der Waals surface area contributed by atoms with Crippen molar-refractivity contribution < 1.29 is 4.79 Å². The number of thioether (sulfide) groups is 1. The molecule has 1 fully saturated rings. The molecule has 1 amide bonds. The van der Waals surface area contributed by atoms with Gasteiger partial charge in [0, 0.05) is 12.6 Å². The number of nitrogens with one attached hydrogen (secondary N) is 2. The Morgan fingerprint density at radius 3 is 2.76 bits per heavy atom. The van der Waals surface area contributed by atoms with E-state index < -0.39 is 0 Å². The summed E-state index contributed by atoms with van der Waals surface area (Å²) in [6.07, 6.45) is 5.22. The molecule has 1 aliphatic carbocycles. The number of nitrogen functional groups attached to an aromatic ring is 1. The number of nitrogens with two attached hydrogens (primary N) is 1. The summed E-state index contributed by atoms with van der Waals surface area (Å²) in [5.41, 5.74) is 6.76. The minimum absolute atomic E-state index is 0.0309. The van der Waals surface area contributed by atoms with Crippen LogP contribution in [0.15, 0.2) is 4.90 Å². The molecule has 1 aromatic heterocycles. The highest BCUT2D eigenvalue weighted by Crippen LogP contribution is 2.41. The molecule has 7 heteroatoms. The molecule has 1 saturated carbocycles. The van der Waals surface area contributed by atoms with E-state index in [1.165, 1.54) is 11.3 Å². The first kappa shape index (κ1) is 16.5. The van der Waals surface area contributed by atoms with Crippen molar-refractivity contribution >= 4 is 39.7 Å². The minimum atomic E-state index is -0.0309. The third-order valence-corrected chi connectivity index (χ3v) is 5.41. The average molecular weight is 329 g/mol. The minimum Gasteiger partial charge on any atom is -0.396 e. The molecule has 4 N–H and O–H groups in total. The Balaban J connectivity index is 2.00. The molecule has 1 aliphatic rings. The third kappa shape index (κ3) is 4.52. The number of hydrogen-bond donors (Lipinski definition) is 3. The molecule has 0 atom stereocenters. The molecule has 21 heavy (non-hydrogen) atoms. The number of rotatable bonds is 8. The Labute approximate surface area is 134 Å². The molecule has 2 rings (SSSR count). The number of nitrogens with zero attached hydrogens (tertiary/aromatic N) is 1. The van der Waals surface area contributed by atoms with E-state index in [0.717, 1.165) is 42.2 Å². The van der Waals surface area contributed by atoms with Crippen molar-refractivity contribution in [2.24, 2.45) is 0 Å². The van der Waals surface area contributed by atoms with Gasteiger partial charge < -0.3 is 21.3 Å². The molecule has 0 spiro atoms. The van der Waals surface area contributed by atoms with Crippen molar-refractivity contribution in [3.63, 3.8) is 0 Å². The molecule has 118 valence electrons. The molecular formula is C14H24N4OS2. The van der Waals surface area contributed by atoms with Crippen molar-refractivity contribution in [2.45, 2.75) is 30.2 Å². The van der Waals surface area contributed by atoms with Crippen LogP contribution in [0.4, 0.5) is 10.7 Å². The molecule has 0 saturated heterocycles. The van der Waals surface area contributed by atoms with Crippen molar-refractivity contribution in [2.75, 3.05) is 44.5 Å². The van der Waals surface area contributed by atoms with Gasteiger partial charge in [-0.15, -0.1) is 23.1 Å². The highest BCUT2D eigenvalue weighted by atomic mass is 32.2. The van der Waals surface area contributed by atoms with Crippen LogP contribution >= 0.6 is 23.1 Å². The number of thiophene rings is 1. The zero-order valence-corrected chi connectivity index (χ0v) is 14.5. The lowest BCUT2D eigenvalue weighted by molar-refractivity contribution is 0.0956. The number of carbonyl (C=O) groups is 1. The fraction of sp³-hybridized carbons (Fsp3) is 0.643. The first-order valence-electron chi connectivity index (χ1n) is 7.18. The quantitative estimate of drug-likeness (QED) is 0.505. The largest absolute Gasteiger partial charge is 0.396 e. The van der Waals surface area contributed by atoms with Gasteiger partial charge in [-0.1, -0.05) is 0 Å². The monoisotopic (exact) mass is 328 g/mol. The van der Waals surface area contributed by atoms with Crippen LogP contribution in [-0.4, -0.2) is 50.3 Å². The lowest BCUT2D eigenvalue weighted by Gasteiger charge is -2.10. The Hall–Kier alpha value is -0.920. The molecule has 0 unspecified atom stereocenters. The van der Waals surface area contributed by atoms with E-state index in [1.54, 1.807) is 11.8 Å². The van der Waals surface area contributed by atoms with Crippen molar-refractivity contribution in [1.29, 1.82) is 0 Å². The molecule has 1 heterocycles. The third-order valence-electron chi connectivity index (χ3n) is 3.29. The number of amides is 1. The van der Waals surface area contributed by atoms with Gasteiger partial charge in [0.25, 0.3) is 5.91 Å². The molecule has 0 radical (unpaired) electrons. The summed E-state index contributed by atoms with van der Waals surface area (Å²) in [5.74, 6) is -0.0309. The predicted molar refractivity (Wildman–Crippen MR) is 92.7 cm³/mol. The van der Waals surface area contributed by atoms with Gasteiger partial charge in [-0.25, -0.2) is 0 Å². The normalized spacial score (nSPS) is 14.5. The highest BCUT2D eigenvalue weighted by molar-refractivity contribution is 7.99. The van der Waals surface area contributed by atoms with Crippen molar-refractivity contribution in [1.82, 2.24) is 10.2 Å². The lowest BCUT2D eigenvalue weighted by Crippen LogP contribution is -2.25. The Morgan fingerprint density at radius 1 is 1.48 bits per heavy atom. The first-order valence-corrected chi connectivity index (χ1v) is 9.22. The van der Waals surface area contributed by atoms with Crippen molar-refractivity contribution in [3.8, 4) is 0 Å². The maximum Gasteiger partial charge on any atom is 0.263 e. The summed E-state index contributed by atoms with van der Waals surface area (Å²) in [7, 11) is 4.13. The standard InChI is InChI=1S/C14H24N4OS2/c1-18(2)8-4-7-16-14-12(20-3)10(15)11(21-14)13(19)17-9-5-6-9/h9,16H,4-8,15H2,1-3H3,(H,17,19). The molecule has 0 aliphatic heterocycles. The Kier molecular flexibility index (Phi) is 5.78. The van der Waals surface area contributed by atoms with Gasteiger partial charge in [0.05, 0.1) is 10.6 Å². The second-order valence-corrected chi connectivity index (χ2v) is 7.38. The zero-order valence-electron chi connectivity index (χ0n) is 12.9. The van der Waals surface area contributed by atoms with Crippen LogP contribution in [0.5, 0.6) is 0 Å².